The number of aromatic nitrogens is 1. The van der Waals surface area contributed by atoms with Gasteiger partial charge in [0, 0.05) is 46.0 Å². The molecule has 0 bridgehead atoms. The van der Waals surface area contributed by atoms with Gasteiger partial charge in [-0.05, 0) is 19.1 Å². The van der Waals surface area contributed by atoms with Crippen molar-refractivity contribution < 1.29 is 14.7 Å². The molecule has 0 radical (unpaired) electrons. The van der Waals surface area contributed by atoms with Crippen LogP contribution in [0.3, 0.4) is 0 Å². The first-order chi connectivity index (χ1) is 10.5. The van der Waals surface area contributed by atoms with Gasteiger partial charge in [-0.3, -0.25) is 19.5 Å². The number of aliphatic hydroxyl groups excluding tert-OH is 1. The molecule has 2 heterocycles. The summed E-state index contributed by atoms with van der Waals surface area (Å²) in [6.07, 6.45) is 1.08. The number of nitrogens with one attached hydrogen (secondary N) is 1. The number of carbonyl (C=O) groups excluding carboxylic acids is 2. The Balaban J connectivity index is 1.94. The summed E-state index contributed by atoms with van der Waals surface area (Å²) in [6, 6.07) is 3.18. The van der Waals surface area contributed by atoms with Gasteiger partial charge in [-0.1, -0.05) is 0 Å². The summed E-state index contributed by atoms with van der Waals surface area (Å²) in [5, 5.41) is 11.9. The molecule has 22 heavy (non-hydrogen) atoms. The van der Waals surface area contributed by atoms with Crippen molar-refractivity contribution in [2.75, 3.05) is 39.8 Å². The molecule has 2 N–H and O–H groups in total. The molecule has 2 amide bonds. The summed E-state index contributed by atoms with van der Waals surface area (Å²) in [7, 11) is 1.54. The fourth-order valence-electron chi connectivity index (χ4n) is 2.47. The van der Waals surface area contributed by atoms with Gasteiger partial charge in [0.1, 0.15) is 5.69 Å². The SMILES string of the molecule is CNC(=O)c1ccc(C(=O)N2CCN(CC(C)O)CC2)cn1. The molecule has 0 saturated carbocycles. The number of nitrogens with zero attached hydrogens (tertiary/aromatic N) is 3. The molecule has 1 unspecified atom stereocenters. The van der Waals surface area contributed by atoms with Crippen molar-refractivity contribution in [3.8, 4) is 0 Å². The van der Waals surface area contributed by atoms with Crippen LogP contribution in [0.15, 0.2) is 18.3 Å². The molecule has 1 saturated heterocycles. The van der Waals surface area contributed by atoms with E-state index in [4.69, 9.17) is 0 Å². The fraction of sp³-hybridized carbons (Fsp3) is 0.533. The highest BCUT2D eigenvalue weighted by atomic mass is 16.3. The van der Waals surface area contributed by atoms with Gasteiger partial charge < -0.3 is 15.3 Å². The fourth-order valence-corrected chi connectivity index (χ4v) is 2.47. The van der Waals surface area contributed by atoms with Crippen molar-refractivity contribution in [1.82, 2.24) is 20.1 Å². The quantitative estimate of drug-likeness (QED) is 0.789. The Morgan fingerprint density at radius 1 is 1.32 bits per heavy atom. The smallest absolute Gasteiger partial charge is 0.269 e. The molecule has 0 aromatic carbocycles. The maximum atomic E-state index is 12.4. The van der Waals surface area contributed by atoms with Gasteiger partial charge in [-0.2, -0.15) is 0 Å². The molecule has 7 heteroatoms. The average Bonchev–Trinajstić information content (AvgIpc) is 2.54. The summed E-state index contributed by atoms with van der Waals surface area (Å²) >= 11 is 0. The van der Waals surface area contributed by atoms with E-state index in [1.165, 1.54) is 13.2 Å². The number of β-amino-alcohol motifs (C(OH)–C–C–N with tert-alkyl or cyclic N) is 1. The third kappa shape index (κ3) is 4.02. The topological polar surface area (TPSA) is 85.8 Å². The number of aliphatic hydroxyl groups is 1. The summed E-state index contributed by atoms with van der Waals surface area (Å²) in [6.45, 7) is 5.15. The first-order valence-corrected chi connectivity index (χ1v) is 7.39. The Hall–Kier alpha value is -1.99. The van der Waals surface area contributed by atoms with Gasteiger partial charge in [0.25, 0.3) is 11.8 Å². The predicted molar refractivity (Wildman–Crippen MR) is 81.7 cm³/mol. The van der Waals surface area contributed by atoms with E-state index in [9.17, 15) is 14.7 Å². The lowest BCUT2D eigenvalue weighted by atomic mass is 10.2. The molecule has 120 valence electrons. The Kier molecular flexibility index (Phi) is 5.46. The summed E-state index contributed by atoms with van der Waals surface area (Å²) in [4.78, 5) is 31.8. The van der Waals surface area contributed by atoms with Gasteiger partial charge >= 0.3 is 0 Å². The van der Waals surface area contributed by atoms with E-state index in [0.29, 0.717) is 30.9 Å². The molecule has 2 rings (SSSR count). The highest BCUT2D eigenvalue weighted by Gasteiger charge is 2.23. The van der Waals surface area contributed by atoms with Crippen molar-refractivity contribution >= 4 is 11.8 Å². The molecule has 1 aliphatic heterocycles. The van der Waals surface area contributed by atoms with Crippen LogP contribution in [0.5, 0.6) is 0 Å². The molecule has 7 nitrogen and oxygen atoms in total. The molecular weight excluding hydrogens is 284 g/mol. The minimum Gasteiger partial charge on any atom is -0.392 e. The number of rotatable bonds is 4. The van der Waals surface area contributed by atoms with E-state index in [0.717, 1.165) is 13.1 Å². The lowest BCUT2D eigenvalue weighted by Gasteiger charge is -2.35. The minimum atomic E-state index is -0.358. The lowest BCUT2D eigenvalue weighted by molar-refractivity contribution is 0.0553. The van der Waals surface area contributed by atoms with Crippen LogP contribution in [0, 0.1) is 0 Å². The number of hydrogen-bond acceptors (Lipinski definition) is 5. The summed E-state index contributed by atoms with van der Waals surface area (Å²) in [5.74, 6) is -0.349. The summed E-state index contributed by atoms with van der Waals surface area (Å²) in [5.41, 5.74) is 0.775. The molecule has 0 aliphatic carbocycles. The van der Waals surface area contributed by atoms with Crippen molar-refractivity contribution in [2.45, 2.75) is 13.0 Å². The predicted octanol–water partition coefficient (Wildman–Crippen LogP) is -0.420. The highest BCUT2D eigenvalue weighted by molar-refractivity contribution is 5.96. The second-order valence-electron chi connectivity index (χ2n) is 5.45. The maximum absolute atomic E-state index is 12.4. The van der Waals surface area contributed by atoms with Crippen molar-refractivity contribution in [3.05, 3.63) is 29.6 Å². The third-order valence-corrected chi connectivity index (χ3v) is 3.65. The first-order valence-electron chi connectivity index (χ1n) is 7.39. The van der Waals surface area contributed by atoms with Crippen LogP contribution in [-0.4, -0.2) is 77.6 Å². The van der Waals surface area contributed by atoms with E-state index < -0.39 is 0 Å². The van der Waals surface area contributed by atoms with E-state index in [1.54, 1.807) is 24.0 Å². The Labute approximate surface area is 129 Å². The molecule has 1 aliphatic rings. The van der Waals surface area contributed by atoms with E-state index in [-0.39, 0.29) is 17.9 Å². The van der Waals surface area contributed by atoms with Crippen LogP contribution in [0.25, 0.3) is 0 Å². The standard InChI is InChI=1S/C15H22N4O3/c1-11(20)10-18-5-7-19(8-6-18)15(22)12-3-4-13(17-9-12)14(21)16-2/h3-4,9,11,20H,5-8,10H2,1-2H3,(H,16,21). The van der Waals surface area contributed by atoms with Crippen LogP contribution in [0.2, 0.25) is 0 Å². The van der Waals surface area contributed by atoms with Gasteiger partial charge in [0.2, 0.25) is 0 Å². The van der Waals surface area contributed by atoms with E-state index in [1.807, 2.05) is 0 Å². The lowest BCUT2D eigenvalue weighted by Crippen LogP contribution is -2.50. The van der Waals surface area contributed by atoms with Gasteiger partial charge in [-0.25, -0.2) is 0 Å². The Morgan fingerprint density at radius 3 is 2.50 bits per heavy atom. The maximum Gasteiger partial charge on any atom is 0.269 e. The van der Waals surface area contributed by atoms with Crippen LogP contribution < -0.4 is 5.32 Å². The molecule has 1 aromatic heterocycles. The monoisotopic (exact) mass is 306 g/mol. The van der Waals surface area contributed by atoms with Gasteiger partial charge in [0.05, 0.1) is 11.7 Å². The van der Waals surface area contributed by atoms with Crippen molar-refractivity contribution in [1.29, 1.82) is 0 Å². The molecule has 1 aromatic rings. The highest BCUT2D eigenvalue weighted by Crippen LogP contribution is 2.09. The van der Waals surface area contributed by atoms with Crippen molar-refractivity contribution in [2.24, 2.45) is 0 Å². The van der Waals surface area contributed by atoms with E-state index in [2.05, 4.69) is 15.2 Å². The van der Waals surface area contributed by atoms with Gasteiger partial charge in [-0.15, -0.1) is 0 Å². The zero-order chi connectivity index (χ0) is 16.1. The Bertz CT molecular complexity index is 522. The van der Waals surface area contributed by atoms with Crippen LogP contribution in [0.4, 0.5) is 0 Å². The van der Waals surface area contributed by atoms with Crippen LogP contribution >= 0.6 is 0 Å². The number of pyridine rings is 1. The first kappa shape index (κ1) is 16.4. The van der Waals surface area contributed by atoms with Crippen LogP contribution in [-0.2, 0) is 0 Å². The second-order valence-corrected chi connectivity index (χ2v) is 5.45. The van der Waals surface area contributed by atoms with Crippen molar-refractivity contribution in [3.63, 3.8) is 0 Å². The minimum absolute atomic E-state index is 0.0762. The normalized spacial score (nSPS) is 17.1. The van der Waals surface area contributed by atoms with E-state index >= 15 is 0 Å². The van der Waals surface area contributed by atoms with Crippen LogP contribution in [0.1, 0.15) is 27.8 Å². The largest absolute Gasteiger partial charge is 0.392 e. The third-order valence-electron chi connectivity index (χ3n) is 3.65. The number of amides is 2. The van der Waals surface area contributed by atoms with Gasteiger partial charge in [0.15, 0.2) is 0 Å². The molecule has 0 spiro atoms. The Morgan fingerprint density at radius 2 is 2.00 bits per heavy atom. The number of piperazine rings is 1. The zero-order valence-electron chi connectivity index (χ0n) is 13.0. The average molecular weight is 306 g/mol. The molecule has 1 atom stereocenters. The number of carbonyl (C=O) groups is 2. The second kappa shape index (κ2) is 7.33. The number of hydrogen-bond donors (Lipinski definition) is 2. The zero-order valence-corrected chi connectivity index (χ0v) is 13.0. The molecule has 1 fully saturated rings. The summed E-state index contributed by atoms with van der Waals surface area (Å²) < 4.78 is 0. The molecular formula is C15H22N4O3.